The van der Waals surface area contributed by atoms with E-state index in [-0.39, 0.29) is 11.7 Å². The minimum absolute atomic E-state index is 0.288. The van der Waals surface area contributed by atoms with Gasteiger partial charge < -0.3 is 20.1 Å². The molecule has 9 nitrogen and oxygen atoms in total. The van der Waals surface area contributed by atoms with Crippen LogP contribution in [0.4, 0.5) is 4.79 Å². The van der Waals surface area contributed by atoms with Crippen molar-refractivity contribution >= 4 is 12.3 Å². The number of nitrogens with two attached hydrogens (primary N) is 1. The number of carbonyl (C=O) groups excluding carboxylic acids is 1. The molecule has 9 heteroatoms. The van der Waals surface area contributed by atoms with E-state index in [0.29, 0.717) is 18.7 Å². The molecule has 1 heterocycles. The Hall–Kier alpha value is -3.10. The highest BCUT2D eigenvalue weighted by Crippen LogP contribution is 2.35. The van der Waals surface area contributed by atoms with Crippen molar-refractivity contribution in [2.24, 2.45) is 10.7 Å². The molecule has 28 heavy (non-hydrogen) atoms. The summed E-state index contributed by atoms with van der Waals surface area (Å²) in [5.74, 6) is 0.629. The molecule has 1 aromatic carbocycles. The van der Waals surface area contributed by atoms with E-state index in [9.17, 15) is 14.9 Å². The van der Waals surface area contributed by atoms with Crippen LogP contribution >= 0.6 is 0 Å². The van der Waals surface area contributed by atoms with Crippen LogP contribution < -0.4 is 10.5 Å². The summed E-state index contributed by atoms with van der Waals surface area (Å²) in [6.45, 7) is 5.93. The van der Waals surface area contributed by atoms with Crippen molar-refractivity contribution in [3.8, 4) is 5.75 Å². The predicted octanol–water partition coefficient (Wildman–Crippen LogP) is 2.89. The van der Waals surface area contributed by atoms with E-state index in [0.717, 1.165) is 18.0 Å². The first-order chi connectivity index (χ1) is 13.2. The lowest BCUT2D eigenvalue weighted by Gasteiger charge is -2.44. The van der Waals surface area contributed by atoms with Crippen molar-refractivity contribution in [1.82, 2.24) is 4.90 Å². The van der Waals surface area contributed by atoms with Crippen molar-refractivity contribution in [3.05, 3.63) is 51.8 Å². The molecular weight excluding hydrogens is 364 g/mol. The number of methoxy groups -OCH3 is 1. The molecule has 2 N–H and O–H groups in total. The van der Waals surface area contributed by atoms with Gasteiger partial charge in [-0.3, -0.25) is 15.1 Å². The van der Waals surface area contributed by atoms with Crippen LogP contribution in [0.2, 0.25) is 0 Å². The number of nitro groups is 1. The van der Waals surface area contributed by atoms with Crippen molar-refractivity contribution in [2.75, 3.05) is 13.7 Å². The molecule has 1 aliphatic heterocycles. The summed E-state index contributed by atoms with van der Waals surface area (Å²) < 4.78 is 10.7. The van der Waals surface area contributed by atoms with Crippen molar-refractivity contribution in [3.63, 3.8) is 0 Å². The Labute approximate surface area is 164 Å². The smallest absolute Gasteiger partial charge is 0.410 e. The first-order valence-electron chi connectivity index (χ1n) is 8.89. The largest absolute Gasteiger partial charge is 0.497 e. The summed E-state index contributed by atoms with van der Waals surface area (Å²) in [6, 6.07) is 6.43. The van der Waals surface area contributed by atoms with Gasteiger partial charge in [0.1, 0.15) is 17.6 Å². The summed E-state index contributed by atoms with van der Waals surface area (Å²) in [5, 5.41) is 11.0. The molecule has 152 valence electrons. The number of aliphatic imine (C=N–C) groups is 1. The molecule has 1 aliphatic rings. The summed E-state index contributed by atoms with van der Waals surface area (Å²) in [5.41, 5.74) is 5.14. The standard InChI is InChI=1S/C19H26N4O5/c1-19(2,3)28-18(24)22-9-8-16(22)17(21-12-14(11-20)23(25)26)13-6-5-7-15(10-13)27-4/h5-7,10-12,16-17H,8-9,20H2,1-4H3/b14-11+,21-12?. The van der Waals surface area contributed by atoms with Gasteiger partial charge in [0.25, 0.3) is 0 Å². The van der Waals surface area contributed by atoms with Crippen LogP contribution in [0.1, 0.15) is 38.8 Å². The van der Waals surface area contributed by atoms with Crippen LogP contribution in [-0.4, -0.2) is 47.4 Å². The van der Waals surface area contributed by atoms with Crippen LogP contribution in [0.5, 0.6) is 5.75 Å². The molecule has 1 aromatic rings. The van der Waals surface area contributed by atoms with Crippen molar-refractivity contribution < 1.29 is 19.2 Å². The zero-order chi connectivity index (χ0) is 20.9. The lowest BCUT2D eigenvalue weighted by atomic mass is 9.90. The normalized spacial score (nSPS) is 18.5. The maximum absolute atomic E-state index is 12.5. The maximum Gasteiger partial charge on any atom is 0.410 e. The van der Waals surface area contributed by atoms with E-state index in [2.05, 4.69) is 4.99 Å². The molecule has 0 saturated carbocycles. The van der Waals surface area contributed by atoms with Gasteiger partial charge in [0, 0.05) is 6.54 Å². The number of hydrogen-bond donors (Lipinski definition) is 1. The first-order valence-corrected chi connectivity index (χ1v) is 8.89. The molecule has 2 atom stereocenters. The van der Waals surface area contributed by atoms with Crippen LogP contribution in [0.25, 0.3) is 0 Å². The second-order valence-electron chi connectivity index (χ2n) is 7.38. The monoisotopic (exact) mass is 390 g/mol. The molecule has 0 aromatic heterocycles. The number of allylic oxidation sites excluding steroid dienone is 1. The molecule has 0 aliphatic carbocycles. The first kappa shape index (κ1) is 21.2. The number of carbonyl (C=O) groups is 1. The number of nitrogens with zero attached hydrogens (tertiary/aromatic N) is 3. The molecule has 2 rings (SSSR count). The minimum atomic E-state index is -0.618. The van der Waals surface area contributed by atoms with E-state index < -0.39 is 22.7 Å². The van der Waals surface area contributed by atoms with Gasteiger partial charge in [-0.25, -0.2) is 4.79 Å². The van der Waals surface area contributed by atoms with Gasteiger partial charge in [-0.15, -0.1) is 0 Å². The molecule has 1 fully saturated rings. The Kier molecular flexibility index (Phi) is 6.61. The Morgan fingerprint density at radius 2 is 2.18 bits per heavy atom. The third kappa shape index (κ3) is 5.21. The fourth-order valence-electron chi connectivity index (χ4n) is 2.82. The molecule has 1 amide bonds. The number of ether oxygens (including phenoxy) is 2. The predicted molar refractivity (Wildman–Crippen MR) is 105 cm³/mol. The number of rotatable bonds is 6. The SMILES string of the molecule is COc1cccc(C(N=C/C(=C\N)[N+](=O)[O-])C2CCN2C(=O)OC(C)(C)C)c1. The van der Waals surface area contributed by atoms with Crippen LogP contribution in [0.3, 0.4) is 0 Å². The van der Waals surface area contributed by atoms with E-state index in [1.165, 1.54) is 0 Å². The summed E-state index contributed by atoms with van der Waals surface area (Å²) in [7, 11) is 1.55. The van der Waals surface area contributed by atoms with Gasteiger partial charge in [0.05, 0.1) is 30.3 Å². The van der Waals surface area contributed by atoms with Crippen molar-refractivity contribution in [1.29, 1.82) is 0 Å². The lowest BCUT2D eigenvalue weighted by molar-refractivity contribution is -0.414. The molecule has 0 spiro atoms. The summed E-state index contributed by atoms with van der Waals surface area (Å²) in [4.78, 5) is 28.9. The summed E-state index contributed by atoms with van der Waals surface area (Å²) >= 11 is 0. The van der Waals surface area contributed by atoms with E-state index >= 15 is 0 Å². The highest BCUT2D eigenvalue weighted by molar-refractivity contribution is 5.75. The number of likely N-dealkylation sites (tertiary alicyclic amines) is 1. The van der Waals surface area contributed by atoms with Gasteiger partial charge in [-0.05, 0) is 44.9 Å². The van der Waals surface area contributed by atoms with Crippen LogP contribution in [0, 0.1) is 10.1 Å². The quantitative estimate of drug-likeness (QED) is 0.453. The Bertz CT molecular complexity index is 785. The van der Waals surface area contributed by atoms with Gasteiger partial charge in [-0.1, -0.05) is 12.1 Å². The molecule has 0 bridgehead atoms. The zero-order valence-electron chi connectivity index (χ0n) is 16.5. The van der Waals surface area contributed by atoms with E-state index in [1.807, 2.05) is 6.07 Å². The highest BCUT2D eigenvalue weighted by atomic mass is 16.6. The summed E-state index contributed by atoms with van der Waals surface area (Å²) in [6.07, 6.45) is 2.27. The Morgan fingerprint density at radius 3 is 2.68 bits per heavy atom. The van der Waals surface area contributed by atoms with Gasteiger partial charge in [0.15, 0.2) is 0 Å². The molecule has 0 radical (unpaired) electrons. The van der Waals surface area contributed by atoms with Crippen LogP contribution in [-0.2, 0) is 4.74 Å². The molecule has 1 saturated heterocycles. The van der Waals surface area contributed by atoms with E-state index in [4.69, 9.17) is 15.2 Å². The third-order valence-electron chi connectivity index (χ3n) is 4.24. The molecule has 2 unspecified atom stereocenters. The fourth-order valence-corrected chi connectivity index (χ4v) is 2.82. The maximum atomic E-state index is 12.5. The zero-order valence-corrected chi connectivity index (χ0v) is 16.5. The Morgan fingerprint density at radius 1 is 1.46 bits per heavy atom. The van der Waals surface area contributed by atoms with Crippen molar-refractivity contribution in [2.45, 2.75) is 44.9 Å². The topological polar surface area (TPSA) is 120 Å². The minimum Gasteiger partial charge on any atom is -0.497 e. The average Bonchev–Trinajstić information content (AvgIpc) is 2.58. The number of amides is 1. The lowest BCUT2D eigenvalue weighted by Crippen LogP contribution is -2.55. The third-order valence-corrected chi connectivity index (χ3v) is 4.24. The van der Waals surface area contributed by atoms with Gasteiger partial charge >= 0.3 is 11.8 Å². The number of hydrogen-bond acceptors (Lipinski definition) is 7. The second kappa shape index (κ2) is 8.73. The van der Waals surface area contributed by atoms with Gasteiger partial charge in [-0.2, -0.15) is 0 Å². The number of benzene rings is 1. The Balaban J connectivity index is 2.34. The average molecular weight is 390 g/mol. The fraction of sp³-hybridized carbons (Fsp3) is 0.474. The van der Waals surface area contributed by atoms with Crippen LogP contribution in [0.15, 0.2) is 41.2 Å². The van der Waals surface area contributed by atoms with E-state index in [1.54, 1.807) is 51.0 Å². The van der Waals surface area contributed by atoms with Gasteiger partial charge in [0.2, 0.25) is 0 Å². The molecular formula is C19H26N4O5. The second-order valence-corrected chi connectivity index (χ2v) is 7.38. The highest BCUT2D eigenvalue weighted by Gasteiger charge is 2.40.